The number of hydrogen-bond donors (Lipinski definition) is 1. The number of methoxy groups -OCH3 is 1. The summed E-state index contributed by atoms with van der Waals surface area (Å²) in [7, 11) is 6.08. The van der Waals surface area contributed by atoms with E-state index >= 15 is 0 Å². The Hall–Kier alpha value is -3.78. The highest BCUT2D eigenvalue weighted by Crippen LogP contribution is 2.47. The van der Waals surface area contributed by atoms with Crippen molar-refractivity contribution in [2.45, 2.75) is 64.5 Å². The fraction of sp³-hybridized carbons (Fsp3) is 0.471. The number of nitrogens with zero attached hydrogens (tertiary/aromatic N) is 5. The highest BCUT2D eigenvalue weighted by molar-refractivity contribution is 5.78. The molecule has 8 heteroatoms. The van der Waals surface area contributed by atoms with Gasteiger partial charge >= 0.3 is 0 Å². The number of aromatic nitrogens is 2. The molecule has 0 bridgehead atoms. The van der Waals surface area contributed by atoms with Crippen LogP contribution in [0.2, 0.25) is 0 Å². The molecule has 42 heavy (non-hydrogen) atoms. The van der Waals surface area contributed by atoms with Crippen molar-refractivity contribution in [3.63, 3.8) is 0 Å². The van der Waals surface area contributed by atoms with E-state index in [0.717, 1.165) is 77.0 Å². The number of aryl methyl sites for hydroxylation is 1. The predicted octanol–water partition coefficient (Wildman–Crippen LogP) is 6.73. The lowest BCUT2D eigenvalue weighted by Crippen LogP contribution is -2.42. The van der Waals surface area contributed by atoms with E-state index in [1.54, 1.807) is 7.11 Å². The van der Waals surface area contributed by atoms with Crippen molar-refractivity contribution in [2.75, 3.05) is 56.0 Å². The van der Waals surface area contributed by atoms with Gasteiger partial charge in [0, 0.05) is 59.9 Å². The molecule has 6 rings (SSSR count). The summed E-state index contributed by atoms with van der Waals surface area (Å²) in [6.45, 7) is 13.3. The molecule has 3 heterocycles. The lowest BCUT2D eigenvalue weighted by atomic mass is 9.99. The summed E-state index contributed by atoms with van der Waals surface area (Å²) in [4.78, 5) is 16.9. The van der Waals surface area contributed by atoms with E-state index in [-0.39, 0.29) is 6.04 Å². The van der Waals surface area contributed by atoms with Crippen molar-refractivity contribution < 1.29 is 9.47 Å². The predicted molar refractivity (Wildman–Crippen MR) is 172 cm³/mol. The van der Waals surface area contributed by atoms with Gasteiger partial charge in [0.15, 0.2) is 0 Å². The van der Waals surface area contributed by atoms with Crippen LogP contribution in [0.1, 0.15) is 56.6 Å². The highest BCUT2D eigenvalue weighted by Gasteiger charge is 2.31. The Labute approximate surface area is 250 Å². The quantitative estimate of drug-likeness (QED) is 0.321. The number of nitrogens with one attached hydrogen (secondary N) is 1. The van der Waals surface area contributed by atoms with Crippen molar-refractivity contribution in [3.05, 3.63) is 59.9 Å². The Morgan fingerprint density at radius 3 is 2.50 bits per heavy atom. The van der Waals surface area contributed by atoms with Crippen molar-refractivity contribution in [1.29, 1.82) is 0 Å². The molecule has 0 amide bonds. The van der Waals surface area contributed by atoms with Crippen LogP contribution in [0.25, 0.3) is 11.3 Å². The molecule has 222 valence electrons. The first kappa shape index (κ1) is 28.3. The third kappa shape index (κ3) is 5.52. The Kier molecular flexibility index (Phi) is 7.75. The maximum atomic E-state index is 6.12. The second-order valence-electron chi connectivity index (χ2n) is 12.4. The SMILES string of the molecule is C=C1COc2c(C)cc(-c3nc(Nc4ccc(N5CCC(N(C)C)CC5)c(OC)c4)ncc3C3CC3)cc2N1C(C)C. The van der Waals surface area contributed by atoms with Gasteiger partial charge in [-0.3, -0.25) is 0 Å². The van der Waals surface area contributed by atoms with Gasteiger partial charge in [-0.1, -0.05) is 6.58 Å². The van der Waals surface area contributed by atoms with Crippen LogP contribution >= 0.6 is 0 Å². The third-order valence-corrected chi connectivity index (χ3v) is 8.83. The summed E-state index contributed by atoms with van der Waals surface area (Å²) in [6.07, 6.45) is 6.66. The first-order chi connectivity index (χ1) is 20.2. The van der Waals surface area contributed by atoms with Gasteiger partial charge in [-0.15, -0.1) is 0 Å². The molecule has 0 spiro atoms. The average Bonchev–Trinajstić information content (AvgIpc) is 3.82. The van der Waals surface area contributed by atoms with Crippen LogP contribution in [0.5, 0.6) is 11.5 Å². The lowest BCUT2D eigenvalue weighted by Gasteiger charge is -2.37. The van der Waals surface area contributed by atoms with Crippen LogP contribution < -0.4 is 24.6 Å². The third-order valence-electron chi connectivity index (χ3n) is 8.83. The maximum Gasteiger partial charge on any atom is 0.227 e. The van der Waals surface area contributed by atoms with Gasteiger partial charge in [-0.05, 0) is 96.3 Å². The monoisotopic (exact) mass is 568 g/mol. The van der Waals surface area contributed by atoms with Gasteiger partial charge in [-0.2, -0.15) is 0 Å². The van der Waals surface area contributed by atoms with Gasteiger partial charge in [-0.25, -0.2) is 9.97 Å². The lowest BCUT2D eigenvalue weighted by molar-refractivity contribution is 0.249. The second-order valence-corrected chi connectivity index (χ2v) is 12.4. The average molecular weight is 569 g/mol. The molecule has 1 N–H and O–H groups in total. The number of piperidine rings is 1. The fourth-order valence-electron chi connectivity index (χ4n) is 6.44. The summed E-state index contributed by atoms with van der Waals surface area (Å²) in [5.74, 6) is 2.87. The molecule has 1 aliphatic carbocycles. The van der Waals surface area contributed by atoms with Gasteiger partial charge < -0.3 is 29.5 Å². The topological polar surface area (TPSA) is 66.0 Å². The molecule has 2 fully saturated rings. The maximum absolute atomic E-state index is 6.12. The Bertz CT molecular complexity index is 1470. The van der Waals surface area contributed by atoms with Crippen LogP contribution in [0, 0.1) is 6.92 Å². The second kappa shape index (κ2) is 11.5. The van der Waals surface area contributed by atoms with Gasteiger partial charge in [0.2, 0.25) is 5.95 Å². The minimum atomic E-state index is 0.276. The molecule has 2 aliphatic heterocycles. The Balaban J connectivity index is 1.30. The van der Waals surface area contributed by atoms with E-state index in [2.05, 4.69) is 91.8 Å². The number of hydrogen-bond acceptors (Lipinski definition) is 8. The van der Waals surface area contributed by atoms with Crippen molar-refractivity contribution >= 4 is 23.0 Å². The molecule has 8 nitrogen and oxygen atoms in total. The first-order valence-corrected chi connectivity index (χ1v) is 15.2. The van der Waals surface area contributed by atoms with Gasteiger partial charge in [0.25, 0.3) is 0 Å². The van der Waals surface area contributed by atoms with E-state index in [1.807, 2.05) is 6.20 Å². The molecule has 0 unspecified atom stereocenters. The Morgan fingerprint density at radius 2 is 1.83 bits per heavy atom. The van der Waals surface area contributed by atoms with E-state index < -0.39 is 0 Å². The summed E-state index contributed by atoms with van der Waals surface area (Å²) < 4.78 is 12.0. The van der Waals surface area contributed by atoms with Gasteiger partial charge in [0.05, 0.1) is 24.2 Å². The number of ether oxygens (including phenoxy) is 2. The molecular formula is C34H44N6O2. The molecule has 1 aromatic heterocycles. The summed E-state index contributed by atoms with van der Waals surface area (Å²) in [6, 6.07) is 11.6. The molecule has 1 saturated carbocycles. The number of anilines is 4. The Morgan fingerprint density at radius 1 is 1.07 bits per heavy atom. The van der Waals surface area contributed by atoms with Crippen LogP contribution in [0.15, 0.2) is 48.8 Å². The summed E-state index contributed by atoms with van der Waals surface area (Å²) >= 11 is 0. The van der Waals surface area contributed by atoms with E-state index in [4.69, 9.17) is 19.4 Å². The van der Waals surface area contributed by atoms with Crippen LogP contribution in [0.3, 0.4) is 0 Å². The zero-order chi connectivity index (χ0) is 29.5. The van der Waals surface area contributed by atoms with E-state index in [1.165, 1.54) is 18.4 Å². The van der Waals surface area contributed by atoms with E-state index in [9.17, 15) is 0 Å². The van der Waals surface area contributed by atoms with Crippen LogP contribution in [-0.2, 0) is 0 Å². The fourth-order valence-corrected chi connectivity index (χ4v) is 6.44. The molecule has 3 aromatic rings. The summed E-state index contributed by atoms with van der Waals surface area (Å²) in [5.41, 5.74) is 8.44. The van der Waals surface area contributed by atoms with Crippen LogP contribution in [-0.4, -0.2) is 67.9 Å². The summed E-state index contributed by atoms with van der Waals surface area (Å²) in [5, 5.41) is 3.46. The molecule has 3 aliphatic rings. The molecule has 0 radical (unpaired) electrons. The van der Waals surface area contributed by atoms with Crippen molar-refractivity contribution in [3.8, 4) is 22.8 Å². The minimum Gasteiger partial charge on any atom is -0.495 e. The zero-order valence-electron chi connectivity index (χ0n) is 25.9. The molecule has 2 aromatic carbocycles. The smallest absolute Gasteiger partial charge is 0.227 e. The zero-order valence-corrected chi connectivity index (χ0v) is 25.9. The molecule has 1 saturated heterocycles. The number of rotatable bonds is 8. The van der Waals surface area contributed by atoms with Crippen molar-refractivity contribution in [2.24, 2.45) is 0 Å². The van der Waals surface area contributed by atoms with Crippen molar-refractivity contribution in [1.82, 2.24) is 14.9 Å². The van der Waals surface area contributed by atoms with E-state index in [0.29, 0.717) is 24.5 Å². The largest absolute Gasteiger partial charge is 0.495 e. The normalized spacial score (nSPS) is 17.5. The number of benzene rings is 2. The van der Waals surface area contributed by atoms with Gasteiger partial charge in [0.1, 0.15) is 18.1 Å². The highest BCUT2D eigenvalue weighted by atomic mass is 16.5. The standard InChI is InChI=1S/C34H44N6O2/c1-21(2)40-23(4)20-42-33-22(3)16-25(17-30(33)40)32-28(24-8-9-24)19-35-34(37-32)36-26-10-11-29(31(18-26)41-7)39-14-12-27(13-15-39)38(5)6/h10-11,16-19,21,24,27H,4,8-9,12-15,20H2,1-3,5-7H3,(H,35,36,37). The molecular weight excluding hydrogens is 524 g/mol. The first-order valence-electron chi connectivity index (χ1n) is 15.2. The number of fused-ring (bicyclic) bond motifs is 1. The van der Waals surface area contributed by atoms with Crippen LogP contribution in [0.4, 0.5) is 23.0 Å². The molecule has 0 atom stereocenters. The minimum absolute atomic E-state index is 0.276.